The highest BCUT2D eigenvalue weighted by molar-refractivity contribution is 6.06. The van der Waals surface area contributed by atoms with E-state index in [9.17, 15) is 14.4 Å². The van der Waals surface area contributed by atoms with Gasteiger partial charge in [-0.25, -0.2) is 0 Å². The Morgan fingerprint density at radius 2 is 2.06 bits per heavy atom. The number of rotatable bonds is 5. The van der Waals surface area contributed by atoms with Gasteiger partial charge < -0.3 is 14.8 Å². The van der Waals surface area contributed by atoms with Gasteiger partial charge in [0.2, 0.25) is 11.8 Å². The van der Waals surface area contributed by atoms with Gasteiger partial charge in [0, 0.05) is 29.2 Å². The molecule has 1 aliphatic heterocycles. The van der Waals surface area contributed by atoms with Gasteiger partial charge in [-0.3, -0.25) is 14.4 Å². The van der Waals surface area contributed by atoms with Crippen LogP contribution in [0.25, 0.3) is 11.0 Å². The maximum Gasteiger partial charge on any atom is 0.243 e. The van der Waals surface area contributed by atoms with E-state index in [2.05, 4.69) is 29.4 Å². The Morgan fingerprint density at radius 3 is 2.81 bits per heavy atom. The smallest absolute Gasteiger partial charge is 0.243 e. The molecular formula is C24H31N5O3. The molecule has 3 heterocycles. The predicted molar refractivity (Wildman–Crippen MR) is 119 cm³/mol. The molecule has 2 aromatic heterocycles. The number of fused-ring (bicyclic) bond motifs is 2. The van der Waals surface area contributed by atoms with Gasteiger partial charge in [0.1, 0.15) is 12.6 Å². The molecule has 8 heteroatoms. The first-order chi connectivity index (χ1) is 15.2. The largest absolute Gasteiger partial charge is 0.352 e. The van der Waals surface area contributed by atoms with Crippen LogP contribution in [0.1, 0.15) is 69.7 Å². The second kappa shape index (κ2) is 7.67. The van der Waals surface area contributed by atoms with Crippen LogP contribution in [0.15, 0.2) is 18.5 Å². The first kappa shape index (κ1) is 21.1. The SMILES string of the molecule is CC(=O)c1cn(CC(=O)N2[C@@H]3C[C@@H]3C[C@H]2C(=O)NC2CCCC(C)(C)C2)c2nnccc12. The number of aromatic nitrogens is 3. The highest BCUT2D eigenvalue weighted by atomic mass is 16.2. The molecule has 32 heavy (non-hydrogen) atoms. The highest BCUT2D eigenvalue weighted by Crippen LogP contribution is 2.48. The summed E-state index contributed by atoms with van der Waals surface area (Å²) < 4.78 is 1.69. The maximum absolute atomic E-state index is 13.4. The summed E-state index contributed by atoms with van der Waals surface area (Å²) in [6.07, 6.45) is 9.23. The van der Waals surface area contributed by atoms with Crippen LogP contribution in [-0.4, -0.2) is 55.4 Å². The van der Waals surface area contributed by atoms with Crippen molar-refractivity contribution in [3.8, 4) is 0 Å². The zero-order chi connectivity index (χ0) is 22.6. The molecule has 0 spiro atoms. The molecule has 0 aromatic carbocycles. The minimum Gasteiger partial charge on any atom is -0.352 e. The highest BCUT2D eigenvalue weighted by Gasteiger charge is 2.56. The molecule has 3 aliphatic rings. The van der Waals surface area contributed by atoms with Crippen LogP contribution in [0.2, 0.25) is 0 Å². The number of carbonyl (C=O) groups excluding carboxylic acids is 3. The lowest BCUT2D eigenvalue weighted by Gasteiger charge is -2.37. The number of hydrogen-bond acceptors (Lipinski definition) is 5. The van der Waals surface area contributed by atoms with E-state index in [1.54, 1.807) is 27.9 Å². The summed E-state index contributed by atoms with van der Waals surface area (Å²) in [5.41, 5.74) is 1.29. The van der Waals surface area contributed by atoms with Crippen LogP contribution in [0.3, 0.4) is 0 Å². The van der Waals surface area contributed by atoms with Crippen molar-refractivity contribution in [2.24, 2.45) is 11.3 Å². The normalized spacial score (nSPS) is 28.4. The first-order valence-electron chi connectivity index (χ1n) is 11.7. The van der Waals surface area contributed by atoms with Gasteiger partial charge in [-0.2, -0.15) is 5.10 Å². The summed E-state index contributed by atoms with van der Waals surface area (Å²) in [6, 6.07) is 1.67. The molecule has 4 atom stereocenters. The van der Waals surface area contributed by atoms with Crippen LogP contribution >= 0.6 is 0 Å². The van der Waals surface area contributed by atoms with Crippen molar-refractivity contribution in [3.63, 3.8) is 0 Å². The molecule has 0 bridgehead atoms. The molecule has 2 aliphatic carbocycles. The summed E-state index contributed by atoms with van der Waals surface area (Å²) in [7, 11) is 0. The molecule has 8 nitrogen and oxygen atoms in total. The molecule has 1 N–H and O–H groups in total. The second-order valence-corrected chi connectivity index (χ2v) is 10.6. The lowest BCUT2D eigenvalue weighted by atomic mass is 9.75. The second-order valence-electron chi connectivity index (χ2n) is 10.6. The first-order valence-corrected chi connectivity index (χ1v) is 11.7. The topological polar surface area (TPSA) is 97.2 Å². The summed E-state index contributed by atoms with van der Waals surface area (Å²) in [5, 5.41) is 12.0. The van der Waals surface area contributed by atoms with Crippen molar-refractivity contribution in [2.75, 3.05) is 0 Å². The number of likely N-dealkylation sites (tertiary alicyclic amines) is 1. The van der Waals surface area contributed by atoms with Gasteiger partial charge in [-0.1, -0.05) is 20.3 Å². The Labute approximate surface area is 187 Å². The van der Waals surface area contributed by atoms with Gasteiger partial charge in [-0.05, 0) is 56.4 Å². The van der Waals surface area contributed by atoms with Crippen LogP contribution in [-0.2, 0) is 16.1 Å². The molecule has 0 radical (unpaired) electrons. The molecule has 5 rings (SSSR count). The standard InChI is InChI=1S/C24H31N5O3/c1-14(30)18-12-28(22-17(18)6-8-25-27-22)13-21(31)29-19-9-15(19)10-20(29)23(32)26-16-5-4-7-24(2,3)11-16/h6,8,12,15-16,19-20H,4-5,7,9-11,13H2,1-3H3,(H,26,32)/t15-,16?,19-,20+/m1/s1. The van der Waals surface area contributed by atoms with Crippen LogP contribution in [0.4, 0.5) is 0 Å². The Balaban J connectivity index is 1.33. The van der Waals surface area contributed by atoms with E-state index < -0.39 is 6.04 Å². The molecule has 2 aromatic rings. The maximum atomic E-state index is 13.4. The Morgan fingerprint density at radius 1 is 1.25 bits per heavy atom. The minimum atomic E-state index is -0.406. The van der Waals surface area contributed by atoms with Gasteiger partial charge in [0.15, 0.2) is 11.4 Å². The van der Waals surface area contributed by atoms with Crippen molar-refractivity contribution in [2.45, 2.75) is 84.0 Å². The number of ketones is 1. The summed E-state index contributed by atoms with van der Waals surface area (Å²) >= 11 is 0. The van der Waals surface area contributed by atoms with E-state index in [0.717, 1.165) is 32.1 Å². The summed E-state index contributed by atoms with van der Waals surface area (Å²) in [4.78, 5) is 40.4. The number of hydrogen-bond donors (Lipinski definition) is 1. The predicted octanol–water partition coefficient (Wildman–Crippen LogP) is 2.71. The number of amides is 2. The quantitative estimate of drug-likeness (QED) is 0.726. The molecule has 2 saturated carbocycles. The third-order valence-electron chi connectivity index (χ3n) is 7.48. The molecule has 2 amide bonds. The van der Waals surface area contributed by atoms with E-state index in [0.29, 0.717) is 22.5 Å². The van der Waals surface area contributed by atoms with Crippen molar-refractivity contribution in [3.05, 3.63) is 24.0 Å². The number of piperidine rings is 1. The summed E-state index contributed by atoms with van der Waals surface area (Å²) in [6.45, 7) is 6.06. The van der Waals surface area contributed by atoms with Crippen LogP contribution in [0.5, 0.6) is 0 Å². The Bertz CT molecular complexity index is 1090. The molecule has 3 fully saturated rings. The van der Waals surface area contributed by atoms with Crippen molar-refractivity contribution >= 4 is 28.6 Å². The van der Waals surface area contributed by atoms with Crippen LogP contribution < -0.4 is 5.32 Å². The van der Waals surface area contributed by atoms with E-state index in [-0.39, 0.29) is 41.6 Å². The third-order valence-corrected chi connectivity index (χ3v) is 7.48. The molecular weight excluding hydrogens is 406 g/mol. The van der Waals surface area contributed by atoms with Gasteiger partial charge in [0.25, 0.3) is 0 Å². The zero-order valence-corrected chi connectivity index (χ0v) is 19.0. The van der Waals surface area contributed by atoms with Gasteiger partial charge >= 0.3 is 0 Å². The minimum absolute atomic E-state index is 0.0187. The van der Waals surface area contributed by atoms with Crippen molar-refractivity contribution in [1.82, 2.24) is 25.0 Å². The van der Waals surface area contributed by atoms with Crippen molar-refractivity contribution < 1.29 is 14.4 Å². The van der Waals surface area contributed by atoms with E-state index in [1.165, 1.54) is 13.3 Å². The zero-order valence-electron chi connectivity index (χ0n) is 19.0. The number of nitrogens with zero attached hydrogens (tertiary/aromatic N) is 4. The fourth-order valence-electron chi connectivity index (χ4n) is 5.83. The fraction of sp³-hybridized carbons (Fsp3) is 0.625. The average Bonchev–Trinajstić information content (AvgIpc) is 3.23. The fourth-order valence-corrected chi connectivity index (χ4v) is 5.83. The molecule has 170 valence electrons. The summed E-state index contributed by atoms with van der Waals surface area (Å²) in [5.74, 6) is 0.225. The van der Waals surface area contributed by atoms with E-state index >= 15 is 0 Å². The van der Waals surface area contributed by atoms with Crippen LogP contribution in [0, 0.1) is 11.3 Å². The van der Waals surface area contributed by atoms with E-state index in [4.69, 9.17) is 0 Å². The third kappa shape index (κ3) is 3.80. The molecule has 1 saturated heterocycles. The van der Waals surface area contributed by atoms with Gasteiger partial charge in [0.05, 0.1) is 6.20 Å². The lowest BCUT2D eigenvalue weighted by molar-refractivity contribution is -0.140. The Kier molecular flexibility index (Phi) is 5.06. The van der Waals surface area contributed by atoms with Gasteiger partial charge in [-0.15, -0.1) is 5.10 Å². The number of carbonyl (C=O) groups is 3. The Hall–Kier alpha value is -2.77. The average molecular weight is 438 g/mol. The van der Waals surface area contributed by atoms with E-state index in [1.807, 2.05) is 0 Å². The van der Waals surface area contributed by atoms with Crippen molar-refractivity contribution in [1.29, 1.82) is 0 Å². The number of Topliss-reactive ketones (excluding diaryl/α,β-unsaturated/α-hetero) is 1. The molecule has 1 unspecified atom stereocenters. The number of nitrogens with one attached hydrogen (secondary N) is 1. The lowest BCUT2D eigenvalue weighted by Crippen LogP contribution is -2.52. The monoisotopic (exact) mass is 437 g/mol.